The quantitative estimate of drug-likeness (QED) is 0.750. The van der Waals surface area contributed by atoms with Crippen molar-refractivity contribution >= 4 is 10.0 Å². The lowest BCUT2D eigenvalue weighted by atomic mass is 10.3. The third kappa shape index (κ3) is 4.18. The molecule has 0 atom stereocenters. The Morgan fingerprint density at radius 3 is 2.31 bits per heavy atom. The lowest BCUT2D eigenvalue weighted by Crippen LogP contribution is -2.12. The average Bonchev–Trinajstić information content (AvgIpc) is 2.24. The van der Waals surface area contributed by atoms with E-state index < -0.39 is 10.0 Å². The van der Waals surface area contributed by atoms with E-state index in [1.807, 2.05) is 6.92 Å². The molecule has 2 N–H and O–H groups in total. The third-order valence-electron chi connectivity index (χ3n) is 1.85. The van der Waals surface area contributed by atoms with Crippen LogP contribution in [0.2, 0.25) is 0 Å². The molecule has 1 rings (SSSR count). The number of sulfonamides is 1. The number of hydrogen-bond acceptors (Lipinski definition) is 4. The summed E-state index contributed by atoms with van der Waals surface area (Å²) in [5.74, 6) is 0.590. The van der Waals surface area contributed by atoms with Crippen LogP contribution in [0, 0.1) is 0 Å². The Kier molecular flexibility index (Phi) is 4.72. The first-order chi connectivity index (χ1) is 7.54. The zero-order valence-electron chi connectivity index (χ0n) is 9.05. The van der Waals surface area contributed by atoms with Crippen molar-refractivity contribution in [1.29, 1.82) is 0 Å². The van der Waals surface area contributed by atoms with Crippen LogP contribution in [-0.2, 0) is 14.8 Å². The van der Waals surface area contributed by atoms with Crippen LogP contribution in [0.15, 0.2) is 29.2 Å². The van der Waals surface area contributed by atoms with Gasteiger partial charge >= 0.3 is 0 Å². The van der Waals surface area contributed by atoms with Gasteiger partial charge in [0.25, 0.3) is 0 Å². The van der Waals surface area contributed by atoms with E-state index in [1.54, 1.807) is 12.1 Å². The van der Waals surface area contributed by atoms with Gasteiger partial charge < -0.3 is 9.47 Å². The number of primary sulfonamides is 1. The molecule has 1 aromatic rings. The molecule has 16 heavy (non-hydrogen) atoms. The molecule has 0 spiro atoms. The molecule has 0 aliphatic carbocycles. The highest BCUT2D eigenvalue weighted by atomic mass is 32.2. The van der Waals surface area contributed by atoms with Crippen LogP contribution >= 0.6 is 0 Å². The molecule has 0 aliphatic heterocycles. The summed E-state index contributed by atoms with van der Waals surface area (Å²) in [6.07, 6.45) is 0. The van der Waals surface area contributed by atoms with E-state index in [2.05, 4.69) is 0 Å². The summed E-state index contributed by atoms with van der Waals surface area (Å²) in [6.45, 7) is 3.49. The van der Waals surface area contributed by atoms with Crippen LogP contribution in [-0.4, -0.2) is 28.2 Å². The molecule has 0 aromatic heterocycles. The summed E-state index contributed by atoms with van der Waals surface area (Å²) in [5.41, 5.74) is 0. The molecule has 0 radical (unpaired) electrons. The van der Waals surface area contributed by atoms with Gasteiger partial charge in [0, 0.05) is 6.61 Å². The summed E-state index contributed by atoms with van der Waals surface area (Å²) < 4.78 is 32.3. The van der Waals surface area contributed by atoms with E-state index >= 15 is 0 Å². The fourth-order valence-electron chi connectivity index (χ4n) is 1.09. The van der Waals surface area contributed by atoms with Crippen LogP contribution in [0.5, 0.6) is 5.75 Å². The SMILES string of the molecule is CCOCCOc1ccc(S(N)(=O)=O)cc1. The Labute approximate surface area is 95.2 Å². The number of nitrogens with two attached hydrogens (primary N) is 1. The molecular weight excluding hydrogens is 230 g/mol. The summed E-state index contributed by atoms with van der Waals surface area (Å²) >= 11 is 0. The summed E-state index contributed by atoms with van der Waals surface area (Å²) in [5, 5.41) is 4.96. The molecule has 5 nitrogen and oxygen atoms in total. The first-order valence-corrected chi connectivity index (χ1v) is 6.42. The maximum absolute atomic E-state index is 11.0. The smallest absolute Gasteiger partial charge is 0.238 e. The van der Waals surface area contributed by atoms with Gasteiger partial charge in [-0.2, -0.15) is 0 Å². The highest BCUT2D eigenvalue weighted by Crippen LogP contribution is 2.14. The summed E-state index contributed by atoms with van der Waals surface area (Å²) in [4.78, 5) is 0.0738. The zero-order valence-corrected chi connectivity index (χ0v) is 9.87. The van der Waals surface area contributed by atoms with Crippen molar-refractivity contribution in [1.82, 2.24) is 0 Å². The Balaban J connectivity index is 2.52. The number of hydrogen-bond donors (Lipinski definition) is 1. The first kappa shape index (κ1) is 13.0. The van der Waals surface area contributed by atoms with Gasteiger partial charge in [-0.1, -0.05) is 0 Å². The summed E-state index contributed by atoms with van der Waals surface area (Å²) in [6, 6.07) is 5.94. The molecule has 0 amide bonds. The van der Waals surface area contributed by atoms with E-state index in [-0.39, 0.29) is 4.90 Å². The predicted molar refractivity (Wildman–Crippen MR) is 59.8 cm³/mol. The van der Waals surface area contributed by atoms with Crippen molar-refractivity contribution in [3.63, 3.8) is 0 Å². The second-order valence-electron chi connectivity index (χ2n) is 3.06. The van der Waals surface area contributed by atoms with Gasteiger partial charge in [0.05, 0.1) is 11.5 Å². The molecule has 90 valence electrons. The fourth-order valence-corrected chi connectivity index (χ4v) is 1.60. The van der Waals surface area contributed by atoms with Crippen molar-refractivity contribution < 1.29 is 17.9 Å². The van der Waals surface area contributed by atoms with E-state index in [9.17, 15) is 8.42 Å². The molecule has 0 saturated heterocycles. The largest absolute Gasteiger partial charge is 0.491 e. The highest BCUT2D eigenvalue weighted by molar-refractivity contribution is 7.89. The molecule has 1 aromatic carbocycles. The second-order valence-corrected chi connectivity index (χ2v) is 4.62. The van der Waals surface area contributed by atoms with E-state index in [4.69, 9.17) is 14.6 Å². The lowest BCUT2D eigenvalue weighted by molar-refractivity contribution is 0.110. The molecule has 0 heterocycles. The first-order valence-electron chi connectivity index (χ1n) is 4.87. The Morgan fingerprint density at radius 2 is 1.81 bits per heavy atom. The normalized spacial score (nSPS) is 11.4. The maximum Gasteiger partial charge on any atom is 0.238 e. The van der Waals surface area contributed by atoms with Crippen molar-refractivity contribution in [3.05, 3.63) is 24.3 Å². The van der Waals surface area contributed by atoms with Gasteiger partial charge in [0.2, 0.25) is 10.0 Å². The van der Waals surface area contributed by atoms with Gasteiger partial charge in [0.1, 0.15) is 12.4 Å². The third-order valence-corrected chi connectivity index (χ3v) is 2.78. The van der Waals surface area contributed by atoms with Crippen molar-refractivity contribution in [2.75, 3.05) is 19.8 Å². The molecule has 0 bridgehead atoms. The van der Waals surface area contributed by atoms with Gasteiger partial charge in [0.15, 0.2) is 0 Å². The fraction of sp³-hybridized carbons (Fsp3) is 0.400. The monoisotopic (exact) mass is 245 g/mol. The maximum atomic E-state index is 11.0. The van der Waals surface area contributed by atoms with Crippen LogP contribution < -0.4 is 9.88 Å². The highest BCUT2D eigenvalue weighted by Gasteiger charge is 2.06. The van der Waals surface area contributed by atoms with Crippen LogP contribution in [0.3, 0.4) is 0 Å². The molecule has 0 unspecified atom stereocenters. The van der Waals surface area contributed by atoms with E-state index in [0.29, 0.717) is 25.6 Å². The second kappa shape index (κ2) is 5.83. The topological polar surface area (TPSA) is 78.6 Å². The zero-order chi connectivity index (χ0) is 12.0. The lowest BCUT2D eigenvalue weighted by Gasteiger charge is -2.06. The van der Waals surface area contributed by atoms with Crippen molar-refractivity contribution in [2.24, 2.45) is 5.14 Å². The predicted octanol–water partition coefficient (Wildman–Crippen LogP) is 0.749. The van der Waals surface area contributed by atoms with Crippen molar-refractivity contribution in [3.8, 4) is 5.75 Å². The minimum absolute atomic E-state index is 0.0738. The van der Waals surface area contributed by atoms with E-state index in [0.717, 1.165) is 0 Å². The molecule has 6 heteroatoms. The minimum Gasteiger partial charge on any atom is -0.491 e. The minimum atomic E-state index is -3.63. The van der Waals surface area contributed by atoms with Crippen molar-refractivity contribution in [2.45, 2.75) is 11.8 Å². The van der Waals surface area contributed by atoms with Crippen LogP contribution in [0.4, 0.5) is 0 Å². The molecule has 0 saturated carbocycles. The molecule has 0 aliphatic rings. The Morgan fingerprint density at radius 1 is 1.19 bits per heavy atom. The number of rotatable bonds is 6. The number of ether oxygens (including phenoxy) is 2. The molecule has 0 fully saturated rings. The standard InChI is InChI=1S/C10H15NO4S/c1-2-14-7-8-15-9-3-5-10(6-4-9)16(11,12)13/h3-6H,2,7-8H2,1H3,(H2,11,12,13). The van der Waals surface area contributed by atoms with Gasteiger partial charge in [-0.3, -0.25) is 0 Å². The Hall–Kier alpha value is -1.11. The van der Waals surface area contributed by atoms with Gasteiger partial charge in [-0.15, -0.1) is 0 Å². The number of benzene rings is 1. The average molecular weight is 245 g/mol. The molecular formula is C10H15NO4S. The Bertz CT molecular complexity index is 413. The van der Waals surface area contributed by atoms with Gasteiger partial charge in [-0.25, -0.2) is 13.6 Å². The van der Waals surface area contributed by atoms with E-state index in [1.165, 1.54) is 12.1 Å². The van der Waals surface area contributed by atoms with Crippen LogP contribution in [0.1, 0.15) is 6.92 Å². The van der Waals surface area contributed by atoms with Gasteiger partial charge in [-0.05, 0) is 31.2 Å². The summed E-state index contributed by atoms with van der Waals surface area (Å²) in [7, 11) is -3.63. The van der Waals surface area contributed by atoms with Crippen LogP contribution in [0.25, 0.3) is 0 Å².